The van der Waals surface area contributed by atoms with Crippen LogP contribution in [0.5, 0.6) is 0 Å². The smallest absolute Gasteiger partial charge is 0.342 e. The molecule has 0 unspecified atom stereocenters. The molecule has 1 fully saturated rings. The van der Waals surface area contributed by atoms with E-state index in [0.29, 0.717) is 19.2 Å². The highest BCUT2D eigenvalue weighted by Gasteiger charge is 2.13. The molecule has 1 aliphatic rings. The molecule has 0 atom stereocenters. The Morgan fingerprint density at radius 1 is 1.42 bits per heavy atom. The summed E-state index contributed by atoms with van der Waals surface area (Å²) < 4.78 is 5.16. The van der Waals surface area contributed by atoms with Crippen LogP contribution in [0.3, 0.4) is 0 Å². The Kier molecular flexibility index (Phi) is 1.83. The van der Waals surface area contributed by atoms with Crippen LogP contribution in [0.1, 0.15) is 0 Å². The molecule has 2 heterocycles. The van der Waals surface area contributed by atoms with E-state index in [1.54, 1.807) is 0 Å². The van der Waals surface area contributed by atoms with E-state index in [1.165, 1.54) is 0 Å². The SMILES string of the molecule is O=c1[nH]nc(N2CCOCC2)[nH]1. The maximum atomic E-state index is 10.7. The van der Waals surface area contributed by atoms with Crippen molar-refractivity contribution in [3.05, 3.63) is 10.5 Å². The number of aromatic amines is 2. The van der Waals surface area contributed by atoms with Crippen molar-refractivity contribution in [2.75, 3.05) is 31.2 Å². The summed E-state index contributed by atoms with van der Waals surface area (Å²) in [6.07, 6.45) is 0. The third-order valence-corrected chi connectivity index (χ3v) is 1.80. The predicted octanol–water partition coefficient (Wildman–Crippen LogP) is -1.07. The molecule has 1 aromatic heterocycles. The number of anilines is 1. The van der Waals surface area contributed by atoms with Gasteiger partial charge in [-0.3, -0.25) is 4.98 Å². The normalized spacial score (nSPS) is 18.2. The highest BCUT2D eigenvalue weighted by atomic mass is 16.5. The highest BCUT2D eigenvalue weighted by molar-refractivity contribution is 5.27. The summed E-state index contributed by atoms with van der Waals surface area (Å²) in [7, 11) is 0. The molecule has 12 heavy (non-hydrogen) atoms. The Hall–Kier alpha value is -1.30. The summed E-state index contributed by atoms with van der Waals surface area (Å²) in [5.41, 5.74) is -0.267. The molecule has 2 N–H and O–H groups in total. The van der Waals surface area contributed by atoms with E-state index in [9.17, 15) is 4.79 Å². The van der Waals surface area contributed by atoms with Crippen molar-refractivity contribution in [1.82, 2.24) is 15.2 Å². The largest absolute Gasteiger partial charge is 0.378 e. The molecule has 0 radical (unpaired) electrons. The van der Waals surface area contributed by atoms with Crippen molar-refractivity contribution in [1.29, 1.82) is 0 Å². The van der Waals surface area contributed by atoms with Crippen LogP contribution in [0.2, 0.25) is 0 Å². The van der Waals surface area contributed by atoms with Crippen LogP contribution in [0.15, 0.2) is 4.79 Å². The molecule has 66 valence electrons. The molecule has 0 saturated carbocycles. The van der Waals surface area contributed by atoms with Crippen molar-refractivity contribution in [2.24, 2.45) is 0 Å². The molecule has 0 bridgehead atoms. The number of aromatic nitrogens is 3. The molecule has 6 heteroatoms. The van der Waals surface area contributed by atoms with Gasteiger partial charge in [0.05, 0.1) is 13.2 Å². The number of nitrogens with zero attached hydrogens (tertiary/aromatic N) is 2. The minimum Gasteiger partial charge on any atom is -0.378 e. The van der Waals surface area contributed by atoms with Gasteiger partial charge in [0.2, 0.25) is 5.95 Å². The quantitative estimate of drug-likeness (QED) is 0.563. The maximum Gasteiger partial charge on any atom is 0.342 e. The second kappa shape index (κ2) is 2.98. The lowest BCUT2D eigenvalue weighted by Crippen LogP contribution is -2.37. The average molecular weight is 170 g/mol. The number of hydrogen-bond donors (Lipinski definition) is 2. The molecule has 0 spiro atoms. The van der Waals surface area contributed by atoms with E-state index in [2.05, 4.69) is 15.2 Å². The second-order valence-corrected chi connectivity index (χ2v) is 2.60. The van der Waals surface area contributed by atoms with Gasteiger partial charge in [-0.1, -0.05) is 0 Å². The second-order valence-electron chi connectivity index (χ2n) is 2.60. The zero-order valence-corrected chi connectivity index (χ0v) is 6.54. The lowest BCUT2D eigenvalue weighted by Gasteiger charge is -2.25. The Morgan fingerprint density at radius 3 is 2.75 bits per heavy atom. The number of rotatable bonds is 1. The van der Waals surface area contributed by atoms with Crippen molar-refractivity contribution in [3.8, 4) is 0 Å². The van der Waals surface area contributed by atoms with Gasteiger partial charge < -0.3 is 9.64 Å². The van der Waals surface area contributed by atoms with E-state index < -0.39 is 0 Å². The molecule has 0 aromatic carbocycles. The number of hydrogen-bond acceptors (Lipinski definition) is 4. The van der Waals surface area contributed by atoms with Crippen LogP contribution in [0.4, 0.5) is 5.95 Å². The van der Waals surface area contributed by atoms with Gasteiger partial charge in [-0.2, -0.15) is 0 Å². The van der Waals surface area contributed by atoms with Crippen LogP contribution < -0.4 is 10.6 Å². The predicted molar refractivity (Wildman–Crippen MR) is 42.2 cm³/mol. The van der Waals surface area contributed by atoms with Gasteiger partial charge in [-0.05, 0) is 0 Å². The number of morpholine rings is 1. The van der Waals surface area contributed by atoms with Crippen LogP contribution in [0.25, 0.3) is 0 Å². The summed E-state index contributed by atoms with van der Waals surface area (Å²) in [5.74, 6) is 0.600. The van der Waals surface area contributed by atoms with Gasteiger partial charge in [0.25, 0.3) is 0 Å². The minimum absolute atomic E-state index is 0.267. The zero-order chi connectivity index (χ0) is 8.39. The molecule has 1 saturated heterocycles. The molecule has 6 nitrogen and oxygen atoms in total. The van der Waals surface area contributed by atoms with Crippen LogP contribution in [-0.2, 0) is 4.74 Å². The van der Waals surface area contributed by atoms with E-state index in [1.807, 2.05) is 4.90 Å². The van der Waals surface area contributed by atoms with Crippen LogP contribution in [0, 0.1) is 0 Å². The fourth-order valence-electron chi connectivity index (χ4n) is 1.19. The standard InChI is InChI=1S/C6H10N4O2/c11-6-7-5(8-9-6)10-1-3-12-4-2-10/h1-4H2,(H2,7,8,9,11). The molecule has 1 aromatic rings. The maximum absolute atomic E-state index is 10.7. The lowest BCUT2D eigenvalue weighted by molar-refractivity contribution is 0.122. The monoisotopic (exact) mass is 170 g/mol. The number of ether oxygens (including phenoxy) is 1. The fraction of sp³-hybridized carbons (Fsp3) is 0.667. The Balaban J connectivity index is 2.13. The summed E-state index contributed by atoms with van der Waals surface area (Å²) >= 11 is 0. The first-order valence-electron chi connectivity index (χ1n) is 3.83. The average Bonchev–Trinajstić information content (AvgIpc) is 2.54. The Bertz CT molecular complexity index is 298. The Labute approximate surface area is 68.5 Å². The first kappa shape index (κ1) is 7.35. The summed E-state index contributed by atoms with van der Waals surface area (Å²) in [5, 5.41) is 6.14. The summed E-state index contributed by atoms with van der Waals surface area (Å²) in [6, 6.07) is 0. The molecule has 1 aliphatic heterocycles. The number of nitrogens with one attached hydrogen (secondary N) is 2. The fourth-order valence-corrected chi connectivity index (χ4v) is 1.19. The van der Waals surface area contributed by atoms with E-state index in [4.69, 9.17) is 4.74 Å². The third kappa shape index (κ3) is 1.33. The van der Waals surface area contributed by atoms with E-state index in [0.717, 1.165) is 13.1 Å². The molecular weight excluding hydrogens is 160 g/mol. The van der Waals surface area contributed by atoms with Crippen molar-refractivity contribution in [3.63, 3.8) is 0 Å². The number of H-pyrrole nitrogens is 2. The Morgan fingerprint density at radius 2 is 2.17 bits per heavy atom. The summed E-state index contributed by atoms with van der Waals surface area (Å²) in [6.45, 7) is 2.94. The van der Waals surface area contributed by atoms with Gasteiger partial charge in [0.1, 0.15) is 0 Å². The molecule has 2 rings (SSSR count). The zero-order valence-electron chi connectivity index (χ0n) is 6.54. The topological polar surface area (TPSA) is 74.0 Å². The van der Waals surface area contributed by atoms with Gasteiger partial charge in [-0.25, -0.2) is 9.89 Å². The minimum atomic E-state index is -0.267. The first-order valence-corrected chi connectivity index (χ1v) is 3.83. The first-order chi connectivity index (χ1) is 5.86. The van der Waals surface area contributed by atoms with Gasteiger partial charge in [-0.15, -0.1) is 5.10 Å². The van der Waals surface area contributed by atoms with Crippen molar-refractivity contribution in [2.45, 2.75) is 0 Å². The van der Waals surface area contributed by atoms with Crippen LogP contribution >= 0.6 is 0 Å². The van der Waals surface area contributed by atoms with E-state index >= 15 is 0 Å². The lowest BCUT2D eigenvalue weighted by atomic mass is 10.4. The molecular formula is C6H10N4O2. The van der Waals surface area contributed by atoms with Gasteiger partial charge in [0.15, 0.2) is 0 Å². The third-order valence-electron chi connectivity index (χ3n) is 1.80. The van der Waals surface area contributed by atoms with Gasteiger partial charge in [0, 0.05) is 13.1 Å². The molecule has 0 aliphatic carbocycles. The van der Waals surface area contributed by atoms with Crippen molar-refractivity contribution >= 4 is 5.95 Å². The van der Waals surface area contributed by atoms with Gasteiger partial charge >= 0.3 is 5.69 Å². The van der Waals surface area contributed by atoms with Crippen molar-refractivity contribution < 1.29 is 4.74 Å². The highest BCUT2D eigenvalue weighted by Crippen LogP contribution is 2.04. The molecule has 0 amide bonds. The van der Waals surface area contributed by atoms with E-state index in [-0.39, 0.29) is 5.69 Å². The van der Waals surface area contributed by atoms with Crippen LogP contribution in [-0.4, -0.2) is 41.5 Å². The summed E-state index contributed by atoms with van der Waals surface area (Å²) in [4.78, 5) is 15.3.